The number of amides is 1. The highest BCUT2D eigenvalue weighted by atomic mass is 19.4. The van der Waals surface area contributed by atoms with Gasteiger partial charge in [0, 0.05) is 24.6 Å². The monoisotopic (exact) mass is 367 g/mol. The third-order valence-electron chi connectivity index (χ3n) is 3.72. The summed E-state index contributed by atoms with van der Waals surface area (Å²) in [5.41, 5.74) is 1.74. The third kappa shape index (κ3) is 3.68. The molecule has 2 aromatic heterocycles. The molecule has 0 fully saturated rings. The normalized spacial score (nSPS) is 12.1. The molecule has 138 valence electrons. The molecule has 0 aliphatic heterocycles. The van der Waals surface area contributed by atoms with Gasteiger partial charge in [-0.25, -0.2) is 4.98 Å². The summed E-state index contributed by atoms with van der Waals surface area (Å²) in [6, 6.07) is 4.88. The number of nitrogens with zero attached hydrogens (tertiary/aromatic N) is 4. The van der Waals surface area contributed by atoms with Crippen LogP contribution >= 0.6 is 0 Å². The summed E-state index contributed by atoms with van der Waals surface area (Å²) in [5, 5.41) is 6.18. The first-order valence-electron chi connectivity index (χ1n) is 7.89. The number of rotatable bonds is 5. The van der Waals surface area contributed by atoms with Gasteiger partial charge in [-0.1, -0.05) is 19.0 Å². The van der Waals surface area contributed by atoms with Crippen LogP contribution in [-0.4, -0.2) is 32.1 Å². The van der Waals surface area contributed by atoms with Crippen LogP contribution in [0.1, 0.15) is 19.7 Å². The molecule has 0 saturated heterocycles. The number of fused-ring (bicyclic) bond motifs is 1. The van der Waals surface area contributed by atoms with Crippen molar-refractivity contribution in [2.45, 2.75) is 26.6 Å². The van der Waals surface area contributed by atoms with E-state index in [-0.39, 0.29) is 17.6 Å². The first-order chi connectivity index (χ1) is 12.3. The minimum atomic E-state index is -4.69. The van der Waals surface area contributed by atoms with Gasteiger partial charge in [0.15, 0.2) is 0 Å². The van der Waals surface area contributed by atoms with Gasteiger partial charge in [0.2, 0.25) is 11.7 Å². The van der Waals surface area contributed by atoms with Gasteiger partial charge in [-0.3, -0.25) is 4.79 Å². The molecule has 7 nitrogen and oxygen atoms in total. The van der Waals surface area contributed by atoms with Crippen molar-refractivity contribution in [1.29, 1.82) is 0 Å². The van der Waals surface area contributed by atoms with Crippen molar-refractivity contribution in [1.82, 2.24) is 25.0 Å². The lowest BCUT2D eigenvalue weighted by Crippen LogP contribution is -2.30. The molecule has 0 bridgehead atoms. The van der Waals surface area contributed by atoms with Gasteiger partial charge in [0.05, 0.1) is 17.4 Å². The second kappa shape index (κ2) is 6.77. The van der Waals surface area contributed by atoms with Crippen molar-refractivity contribution in [3.63, 3.8) is 0 Å². The maximum absolute atomic E-state index is 12.6. The molecule has 0 saturated carbocycles. The number of hydrogen-bond acceptors (Lipinski definition) is 5. The molecular weight excluding hydrogens is 351 g/mol. The summed E-state index contributed by atoms with van der Waals surface area (Å²) in [5.74, 6) is -1.71. The van der Waals surface area contributed by atoms with E-state index in [1.165, 1.54) is 0 Å². The molecular formula is C16H16F3N5O2. The molecule has 0 atom stereocenters. The van der Waals surface area contributed by atoms with E-state index < -0.39 is 12.1 Å². The second-order valence-corrected chi connectivity index (χ2v) is 6.01. The number of hydrogen-bond donors (Lipinski definition) is 1. The Morgan fingerprint density at radius 2 is 2.12 bits per heavy atom. The van der Waals surface area contributed by atoms with Crippen LogP contribution in [0.25, 0.3) is 22.4 Å². The molecule has 0 spiro atoms. The second-order valence-electron chi connectivity index (χ2n) is 6.01. The number of nitrogens with one attached hydrogen (secondary N) is 1. The van der Waals surface area contributed by atoms with Crippen molar-refractivity contribution in [3.05, 3.63) is 30.4 Å². The summed E-state index contributed by atoms with van der Waals surface area (Å²) in [4.78, 5) is 19.2. The van der Waals surface area contributed by atoms with Crippen LogP contribution in [-0.2, 0) is 17.5 Å². The van der Waals surface area contributed by atoms with Crippen LogP contribution in [0.2, 0.25) is 0 Å². The molecule has 3 aromatic rings. The molecule has 26 heavy (non-hydrogen) atoms. The highest BCUT2D eigenvalue weighted by Gasteiger charge is 2.38. The first-order valence-corrected chi connectivity index (χ1v) is 7.89. The maximum atomic E-state index is 12.6. The largest absolute Gasteiger partial charge is 0.471 e. The van der Waals surface area contributed by atoms with Crippen molar-refractivity contribution < 1.29 is 22.5 Å². The molecule has 1 aromatic carbocycles. The molecule has 1 N–H and O–H groups in total. The van der Waals surface area contributed by atoms with E-state index in [1.807, 2.05) is 0 Å². The quantitative estimate of drug-likeness (QED) is 0.749. The molecule has 2 heterocycles. The Labute approximate surface area is 146 Å². The van der Waals surface area contributed by atoms with Crippen molar-refractivity contribution >= 4 is 16.9 Å². The first kappa shape index (κ1) is 17.9. The zero-order valence-corrected chi connectivity index (χ0v) is 14.0. The van der Waals surface area contributed by atoms with Gasteiger partial charge in [-0.05, 0) is 18.2 Å². The number of aromatic nitrogens is 4. The van der Waals surface area contributed by atoms with Gasteiger partial charge in [-0.2, -0.15) is 18.2 Å². The number of alkyl halides is 3. The fourth-order valence-corrected chi connectivity index (χ4v) is 2.33. The fourth-order valence-electron chi connectivity index (χ4n) is 2.33. The Balaban J connectivity index is 1.82. The Morgan fingerprint density at radius 1 is 1.35 bits per heavy atom. The van der Waals surface area contributed by atoms with E-state index in [0.29, 0.717) is 29.7 Å². The lowest BCUT2D eigenvalue weighted by molar-refractivity contribution is -0.159. The molecule has 0 unspecified atom stereocenters. The summed E-state index contributed by atoms with van der Waals surface area (Å²) in [6.45, 7) is 4.48. The Bertz CT molecular complexity index is 930. The van der Waals surface area contributed by atoms with Crippen molar-refractivity contribution in [3.8, 4) is 11.4 Å². The maximum Gasteiger partial charge on any atom is 0.471 e. The molecule has 1 amide bonds. The number of imidazole rings is 1. The van der Waals surface area contributed by atoms with Gasteiger partial charge in [0.1, 0.15) is 0 Å². The third-order valence-corrected chi connectivity index (χ3v) is 3.72. The Hall–Kier alpha value is -2.91. The summed E-state index contributed by atoms with van der Waals surface area (Å²) < 4.78 is 43.9. The van der Waals surface area contributed by atoms with Crippen LogP contribution in [0.3, 0.4) is 0 Å². The fraction of sp³-hybridized carbons (Fsp3) is 0.375. The number of halogens is 3. The van der Waals surface area contributed by atoms with Gasteiger partial charge >= 0.3 is 12.1 Å². The van der Waals surface area contributed by atoms with E-state index in [2.05, 4.69) is 25.0 Å². The average Bonchev–Trinajstić information content (AvgIpc) is 3.21. The van der Waals surface area contributed by atoms with Crippen LogP contribution in [0.5, 0.6) is 0 Å². The highest BCUT2D eigenvalue weighted by Crippen LogP contribution is 2.30. The Kier molecular flexibility index (Phi) is 4.66. The Morgan fingerprint density at radius 3 is 2.77 bits per heavy atom. The average molecular weight is 367 g/mol. The number of benzene rings is 1. The molecule has 3 rings (SSSR count). The lowest BCUT2D eigenvalue weighted by atomic mass is 10.2. The summed E-state index contributed by atoms with van der Waals surface area (Å²) >= 11 is 0. The SMILES string of the molecule is CC(C)C(=O)NCCn1cnc2ccc(-c3noc(C(F)(F)F)n3)cc21. The predicted molar refractivity (Wildman–Crippen MR) is 85.9 cm³/mol. The molecule has 10 heteroatoms. The van der Waals surface area contributed by atoms with Crippen molar-refractivity contribution in [2.75, 3.05) is 6.54 Å². The highest BCUT2D eigenvalue weighted by molar-refractivity contribution is 5.81. The number of carbonyl (C=O) groups excluding carboxylic acids is 1. The van der Waals surface area contributed by atoms with Gasteiger partial charge < -0.3 is 14.4 Å². The van der Waals surface area contributed by atoms with Gasteiger partial charge in [0.25, 0.3) is 0 Å². The van der Waals surface area contributed by atoms with E-state index in [1.54, 1.807) is 42.9 Å². The summed E-state index contributed by atoms with van der Waals surface area (Å²) in [6.07, 6.45) is -3.08. The van der Waals surface area contributed by atoms with E-state index in [0.717, 1.165) is 0 Å². The number of carbonyl (C=O) groups is 1. The standard InChI is InChI=1S/C16H16F3N5O2/c1-9(2)14(25)20-5-6-24-8-21-11-4-3-10(7-12(11)24)13-22-15(26-23-13)16(17,18)19/h3-4,7-9H,5-6H2,1-2H3,(H,20,25). The molecule has 0 aliphatic rings. The smallest absolute Gasteiger partial charge is 0.354 e. The zero-order valence-electron chi connectivity index (χ0n) is 14.0. The minimum absolute atomic E-state index is 0.0541. The topological polar surface area (TPSA) is 85.8 Å². The molecule has 0 radical (unpaired) electrons. The van der Waals surface area contributed by atoms with Crippen LogP contribution in [0, 0.1) is 5.92 Å². The van der Waals surface area contributed by atoms with Gasteiger partial charge in [-0.15, -0.1) is 0 Å². The van der Waals surface area contributed by atoms with Crippen LogP contribution < -0.4 is 5.32 Å². The predicted octanol–water partition coefficient (Wildman–Crippen LogP) is 2.88. The van der Waals surface area contributed by atoms with Crippen LogP contribution in [0.15, 0.2) is 29.0 Å². The minimum Gasteiger partial charge on any atom is -0.354 e. The van der Waals surface area contributed by atoms with E-state index >= 15 is 0 Å². The van der Waals surface area contributed by atoms with E-state index in [4.69, 9.17) is 0 Å². The van der Waals surface area contributed by atoms with Crippen molar-refractivity contribution in [2.24, 2.45) is 5.92 Å². The summed E-state index contributed by atoms with van der Waals surface area (Å²) in [7, 11) is 0. The van der Waals surface area contributed by atoms with Crippen LogP contribution in [0.4, 0.5) is 13.2 Å². The molecule has 0 aliphatic carbocycles. The van der Waals surface area contributed by atoms with E-state index in [9.17, 15) is 18.0 Å². The lowest BCUT2D eigenvalue weighted by Gasteiger charge is -2.09. The zero-order chi connectivity index (χ0) is 18.9.